The molecule has 0 unspecified atom stereocenters. The van der Waals surface area contributed by atoms with E-state index >= 15 is 0 Å². The van der Waals surface area contributed by atoms with Gasteiger partial charge in [-0.3, -0.25) is 4.79 Å². The summed E-state index contributed by atoms with van der Waals surface area (Å²) in [5, 5.41) is 5.70. The monoisotopic (exact) mass is 330 g/mol. The third-order valence-electron chi connectivity index (χ3n) is 3.29. The number of nitrogens with zero attached hydrogens (tertiary/aromatic N) is 2. The molecule has 0 saturated heterocycles. The van der Waals surface area contributed by atoms with Crippen LogP contribution in [-0.4, -0.2) is 15.6 Å². The Balaban J connectivity index is 2.11. The first-order chi connectivity index (χ1) is 10.5. The summed E-state index contributed by atoms with van der Waals surface area (Å²) in [4.78, 5) is 11.9. The maximum Gasteiger partial charge on any atom is 0.180 e. The Hall–Kier alpha value is -2.10. The largest absolute Gasteiger partial charge is 0.293 e. The minimum atomic E-state index is -0.0855. The van der Waals surface area contributed by atoms with Gasteiger partial charge in [0.25, 0.3) is 0 Å². The fourth-order valence-corrected chi connectivity index (χ4v) is 2.45. The zero-order valence-corrected chi connectivity index (χ0v) is 13.3. The molecule has 0 aliphatic rings. The predicted octanol–water partition coefficient (Wildman–Crippen LogP) is 5.05. The SMILES string of the molecule is CC(=O)c1nn(-c2ccc(Cl)cc2)cc1-c1ccc(Cl)cc1. The molecule has 0 radical (unpaired) electrons. The summed E-state index contributed by atoms with van der Waals surface area (Å²) in [6.07, 6.45) is 1.84. The van der Waals surface area contributed by atoms with Crippen LogP contribution in [-0.2, 0) is 0 Å². The van der Waals surface area contributed by atoms with Crippen molar-refractivity contribution >= 4 is 29.0 Å². The van der Waals surface area contributed by atoms with Crippen LogP contribution in [0.15, 0.2) is 54.7 Å². The molecule has 0 atom stereocenters. The normalized spacial score (nSPS) is 10.7. The zero-order chi connectivity index (χ0) is 15.7. The topological polar surface area (TPSA) is 34.9 Å². The van der Waals surface area contributed by atoms with Crippen LogP contribution in [0.1, 0.15) is 17.4 Å². The van der Waals surface area contributed by atoms with Gasteiger partial charge < -0.3 is 0 Å². The van der Waals surface area contributed by atoms with Crippen molar-refractivity contribution in [2.24, 2.45) is 0 Å². The highest BCUT2D eigenvalue weighted by atomic mass is 35.5. The second-order valence-electron chi connectivity index (χ2n) is 4.88. The van der Waals surface area contributed by atoms with Crippen molar-refractivity contribution in [3.05, 3.63) is 70.5 Å². The highest BCUT2D eigenvalue weighted by Crippen LogP contribution is 2.26. The lowest BCUT2D eigenvalue weighted by Crippen LogP contribution is -1.99. The van der Waals surface area contributed by atoms with Crippen molar-refractivity contribution in [3.8, 4) is 16.8 Å². The van der Waals surface area contributed by atoms with Gasteiger partial charge in [-0.05, 0) is 42.0 Å². The molecule has 1 heterocycles. The lowest BCUT2D eigenvalue weighted by molar-refractivity contribution is 0.101. The van der Waals surface area contributed by atoms with Crippen LogP contribution in [0.2, 0.25) is 10.0 Å². The summed E-state index contributed by atoms with van der Waals surface area (Å²) in [6.45, 7) is 1.51. The first-order valence-corrected chi connectivity index (χ1v) is 7.42. The molecule has 3 nitrogen and oxygen atoms in total. The second-order valence-corrected chi connectivity index (χ2v) is 5.75. The fourth-order valence-electron chi connectivity index (χ4n) is 2.20. The van der Waals surface area contributed by atoms with Gasteiger partial charge in [0.05, 0.1) is 5.69 Å². The molecule has 1 aromatic heterocycles. The van der Waals surface area contributed by atoms with Crippen LogP contribution in [0.3, 0.4) is 0 Å². The molecular weight excluding hydrogens is 319 g/mol. The summed E-state index contributed by atoms with van der Waals surface area (Å²) in [5.74, 6) is -0.0855. The van der Waals surface area contributed by atoms with Gasteiger partial charge in [0.1, 0.15) is 5.69 Å². The van der Waals surface area contributed by atoms with Crippen LogP contribution in [0.4, 0.5) is 0 Å². The highest BCUT2D eigenvalue weighted by molar-refractivity contribution is 6.30. The van der Waals surface area contributed by atoms with Crippen molar-refractivity contribution in [3.63, 3.8) is 0 Å². The molecule has 0 saturated carbocycles. The smallest absolute Gasteiger partial charge is 0.180 e. The second kappa shape index (κ2) is 5.95. The van der Waals surface area contributed by atoms with Gasteiger partial charge in [-0.15, -0.1) is 0 Å². The van der Waals surface area contributed by atoms with Crippen molar-refractivity contribution in [1.29, 1.82) is 0 Å². The molecule has 0 aliphatic heterocycles. The number of carbonyl (C=O) groups excluding carboxylic acids is 1. The van der Waals surface area contributed by atoms with E-state index in [0.29, 0.717) is 15.7 Å². The average Bonchev–Trinajstić information content (AvgIpc) is 2.94. The summed E-state index contributed by atoms with van der Waals surface area (Å²) < 4.78 is 1.68. The van der Waals surface area contributed by atoms with Gasteiger partial charge in [-0.1, -0.05) is 35.3 Å². The van der Waals surface area contributed by atoms with Gasteiger partial charge in [0, 0.05) is 28.7 Å². The fraction of sp³-hybridized carbons (Fsp3) is 0.0588. The molecule has 0 fully saturated rings. The summed E-state index contributed by atoms with van der Waals surface area (Å²) in [6, 6.07) is 14.6. The highest BCUT2D eigenvalue weighted by Gasteiger charge is 2.15. The average molecular weight is 331 g/mol. The molecule has 0 bridgehead atoms. The zero-order valence-electron chi connectivity index (χ0n) is 11.8. The standard InChI is InChI=1S/C17H12Cl2N2O/c1-11(22)17-16(12-2-4-13(18)5-3-12)10-21(20-17)15-8-6-14(19)7-9-15/h2-10H,1H3. The van der Waals surface area contributed by atoms with E-state index in [9.17, 15) is 4.79 Å². The number of hydrogen-bond acceptors (Lipinski definition) is 2. The van der Waals surface area contributed by atoms with E-state index < -0.39 is 0 Å². The first kappa shape index (κ1) is 14.8. The minimum absolute atomic E-state index is 0.0855. The van der Waals surface area contributed by atoms with Gasteiger partial charge in [-0.25, -0.2) is 4.68 Å². The first-order valence-electron chi connectivity index (χ1n) is 6.67. The molecule has 110 valence electrons. The van der Waals surface area contributed by atoms with Gasteiger partial charge in [0.2, 0.25) is 0 Å². The number of halogens is 2. The summed E-state index contributed by atoms with van der Waals surface area (Å²) >= 11 is 11.8. The van der Waals surface area contributed by atoms with Crippen LogP contribution in [0.25, 0.3) is 16.8 Å². The predicted molar refractivity (Wildman–Crippen MR) is 89.0 cm³/mol. The molecule has 0 amide bonds. The number of carbonyl (C=O) groups is 1. The van der Waals surface area contributed by atoms with E-state index in [1.165, 1.54) is 6.92 Å². The van der Waals surface area contributed by atoms with Gasteiger partial charge in [-0.2, -0.15) is 5.10 Å². The van der Waals surface area contributed by atoms with E-state index in [-0.39, 0.29) is 5.78 Å². The van der Waals surface area contributed by atoms with Gasteiger partial charge in [0.15, 0.2) is 5.78 Å². The number of hydrogen-bond donors (Lipinski definition) is 0. The molecular formula is C17H12Cl2N2O. The Morgan fingerprint density at radius 1 is 0.955 bits per heavy atom. The number of benzene rings is 2. The van der Waals surface area contributed by atoms with E-state index in [1.807, 2.05) is 30.5 Å². The lowest BCUT2D eigenvalue weighted by atomic mass is 10.1. The van der Waals surface area contributed by atoms with Crippen LogP contribution < -0.4 is 0 Å². The van der Waals surface area contributed by atoms with Crippen LogP contribution in [0.5, 0.6) is 0 Å². The molecule has 22 heavy (non-hydrogen) atoms. The van der Waals surface area contributed by atoms with E-state index in [4.69, 9.17) is 23.2 Å². The molecule has 3 aromatic rings. The van der Waals surface area contributed by atoms with E-state index in [1.54, 1.807) is 28.9 Å². The summed E-state index contributed by atoms with van der Waals surface area (Å²) in [7, 11) is 0. The van der Waals surface area contributed by atoms with E-state index in [2.05, 4.69) is 5.10 Å². The Morgan fingerprint density at radius 2 is 1.50 bits per heavy atom. The van der Waals surface area contributed by atoms with Crippen molar-refractivity contribution in [2.45, 2.75) is 6.92 Å². The lowest BCUT2D eigenvalue weighted by Gasteiger charge is -2.00. The molecule has 2 aromatic carbocycles. The number of rotatable bonds is 3. The third-order valence-corrected chi connectivity index (χ3v) is 3.80. The Bertz CT molecular complexity index is 821. The Labute approximate surface area is 138 Å². The Morgan fingerprint density at radius 3 is 2.05 bits per heavy atom. The van der Waals surface area contributed by atoms with Crippen molar-refractivity contribution in [1.82, 2.24) is 9.78 Å². The maximum atomic E-state index is 11.9. The summed E-state index contributed by atoms with van der Waals surface area (Å²) in [5.41, 5.74) is 2.94. The minimum Gasteiger partial charge on any atom is -0.293 e. The molecule has 3 rings (SSSR count). The van der Waals surface area contributed by atoms with Crippen LogP contribution >= 0.6 is 23.2 Å². The molecule has 5 heteroatoms. The molecule has 0 aliphatic carbocycles. The maximum absolute atomic E-state index is 11.9. The number of Topliss-reactive ketones (excluding diaryl/α,β-unsaturated/α-hetero) is 1. The Kier molecular flexibility index (Phi) is 4.01. The van der Waals surface area contributed by atoms with Crippen LogP contribution in [0, 0.1) is 0 Å². The number of aromatic nitrogens is 2. The third kappa shape index (κ3) is 2.91. The molecule has 0 spiro atoms. The van der Waals surface area contributed by atoms with E-state index in [0.717, 1.165) is 16.8 Å². The van der Waals surface area contributed by atoms with Crippen molar-refractivity contribution in [2.75, 3.05) is 0 Å². The number of ketones is 1. The van der Waals surface area contributed by atoms with Gasteiger partial charge >= 0.3 is 0 Å². The van der Waals surface area contributed by atoms with Crippen molar-refractivity contribution < 1.29 is 4.79 Å². The molecule has 0 N–H and O–H groups in total. The quantitative estimate of drug-likeness (QED) is 0.630.